The summed E-state index contributed by atoms with van der Waals surface area (Å²) in [5.41, 5.74) is 9.94. The molecule has 0 saturated heterocycles. The second-order valence-corrected chi connectivity index (χ2v) is 4.15. The summed E-state index contributed by atoms with van der Waals surface area (Å²) in [6, 6.07) is 11.9. The average molecular weight is 223 g/mol. The number of benzene rings is 1. The summed E-state index contributed by atoms with van der Waals surface area (Å²) in [7, 11) is 0. The third-order valence-corrected chi connectivity index (χ3v) is 2.93. The molecule has 3 heteroatoms. The van der Waals surface area contributed by atoms with Gasteiger partial charge in [-0.1, -0.05) is 18.2 Å². The fourth-order valence-electron chi connectivity index (χ4n) is 2.05. The number of fused-ring (bicyclic) bond motifs is 1. The van der Waals surface area contributed by atoms with Crippen LogP contribution in [0.25, 0.3) is 16.9 Å². The van der Waals surface area contributed by atoms with Crippen molar-refractivity contribution in [3.63, 3.8) is 0 Å². The van der Waals surface area contributed by atoms with Gasteiger partial charge in [0.2, 0.25) is 0 Å². The maximum Gasteiger partial charge on any atom is 0.144 e. The van der Waals surface area contributed by atoms with Crippen molar-refractivity contribution in [2.75, 3.05) is 5.73 Å². The van der Waals surface area contributed by atoms with E-state index in [9.17, 15) is 0 Å². The van der Waals surface area contributed by atoms with Gasteiger partial charge in [0, 0.05) is 17.4 Å². The Balaban J connectivity index is 2.28. The summed E-state index contributed by atoms with van der Waals surface area (Å²) in [5, 5.41) is 0. The van der Waals surface area contributed by atoms with Crippen LogP contribution in [-0.2, 0) is 0 Å². The number of nitrogens with zero attached hydrogens (tertiary/aromatic N) is 2. The van der Waals surface area contributed by atoms with Gasteiger partial charge in [0.15, 0.2) is 0 Å². The minimum Gasteiger partial charge on any atom is -0.399 e. The van der Waals surface area contributed by atoms with E-state index in [-0.39, 0.29) is 0 Å². The van der Waals surface area contributed by atoms with Crippen LogP contribution >= 0.6 is 0 Å². The van der Waals surface area contributed by atoms with E-state index >= 15 is 0 Å². The van der Waals surface area contributed by atoms with E-state index < -0.39 is 0 Å². The molecule has 0 aliphatic rings. The highest BCUT2D eigenvalue weighted by Crippen LogP contribution is 2.22. The van der Waals surface area contributed by atoms with Gasteiger partial charge in [-0.25, -0.2) is 4.98 Å². The number of nitrogen functional groups attached to an aromatic ring is 1. The summed E-state index contributed by atoms with van der Waals surface area (Å²) in [6.45, 7) is 2.08. The molecule has 2 N–H and O–H groups in total. The SMILES string of the molecule is Cc1cccn2c(-c3cccc(N)c3)ncc12. The molecule has 3 aromatic rings. The highest BCUT2D eigenvalue weighted by Gasteiger charge is 2.07. The molecule has 84 valence electrons. The lowest BCUT2D eigenvalue weighted by molar-refractivity contribution is 1.15. The van der Waals surface area contributed by atoms with Gasteiger partial charge >= 0.3 is 0 Å². The van der Waals surface area contributed by atoms with Crippen LogP contribution in [0.1, 0.15) is 5.56 Å². The van der Waals surface area contributed by atoms with Crippen LogP contribution in [0, 0.1) is 6.92 Å². The smallest absolute Gasteiger partial charge is 0.144 e. The molecule has 0 unspecified atom stereocenters. The van der Waals surface area contributed by atoms with Crippen LogP contribution in [0.3, 0.4) is 0 Å². The molecule has 17 heavy (non-hydrogen) atoms. The number of hydrogen-bond acceptors (Lipinski definition) is 2. The van der Waals surface area contributed by atoms with Crippen molar-refractivity contribution in [2.45, 2.75) is 6.92 Å². The van der Waals surface area contributed by atoms with E-state index in [1.165, 1.54) is 5.56 Å². The van der Waals surface area contributed by atoms with Crippen molar-refractivity contribution in [3.05, 3.63) is 54.4 Å². The van der Waals surface area contributed by atoms with Gasteiger partial charge in [0.05, 0.1) is 11.7 Å². The standard InChI is InChI=1S/C14H13N3/c1-10-4-3-7-17-13(10)9-16-14(17)11-5-2-6-12(15)8-11/h2-9H,15H2,1H3. The molecule has 0 spiro atoms. The van der Waals surface area contributed by atoms with Crippen LogP contribution in [-0.4, -0.2) is 9.38 Å². The molecule has 2 heterocycles. The predicted molar refractivity (Wildman–Crippen MR) is 69.8 cm³/mol. The van der Waals surface area contributed by atoms with Crippen molar-refractivity contribution < 1.29 is 0 Å². The summed E-state index contributed by atoms with van der Waals surface area (Å²) < 4.78 is 2.09. The second kappa shape index (κ2) is 3.63. The Labute approximate surface area is 99.5 Å². The molecule has 0 saturated carbocycles. The molecular weight excluding hydrogens is 210 g/mol. The first-order valence-corrected chi connectivity index (χ1v) is 5.54. The Morgan fingerprint density at radius 1 is 1.18 bits per heavy atom. The monoisotopic (exact) mass is 223 g/mol. The highest BCUT2D eigenvalue weighted by atomic mass is 15.0. The Hall–Kier alpha value is -2.29. The minimum atomic E-state index is 0.756. The third kappa shape index (κ3) is 1.56. The fourth-order valence-corrected chi connectivity index (χ4v) is 2.05. The number of aryl methyl sites for hydroxylation is 1. The molecule has 0 bridgehead atoms. The maximum absolute atomic E-state index is 5.80. The minimum absolute atomic E-state index is 0.756. The first-order chi connectivity index (χ1) is 8.25. The number of hydrogen-bond donors (Lipinski definition) is 1. The van der Waals surface area contributed by atoms with E-state index in [0.29, 0.717) is 0 Å². The number of rotatable bonds is 1. The van der Waals surface area contributed by atoms with Crippen LogP contribution in [0.5, 0.6) is 0 Å². The Morgan fingerprint density at radius 2 is 2.06 bits per heavy atom. The fraction of sp³-hybridized carbons (Fsp3) is 0.0714. The van der Waals surface area contributed by atoms with Crippen LogP contribution < -0.4 is 5.73 Å². The number of nitrogens with two attached hydrogens (primary N) is 1. The molecule has 0 aliphatic heterocycles. The quantitative estimate of drug-likeness (QED) is 0.644. The molecule has 0 aliphatic carbocycles. The van der Waals surface area contributed by atoms with Gasteiger partial charge in [0.25, 0.3) is 0 Å². The molecule has 0 radical (unpaired) electrons. The second-order valence-electron chi connectivity index (χ2n) is 4.15. The van der Waals surface area contributed by atoms with Crippen molar-refractivity contribution in [1.82, 2.24) is 9.38 Å². The first kappa shape index (κ1) is 9.90. The largest absolute Gasteiger partial charge is 0.399 e. The van der Waals surface area contributed by atoms with Gasteiger partial charge in [-0.15, -0.1) is 0 Å². The van der Waals surface area contributed by atoms with Crippen LogP contribution in [0.15, 0.2) is 48.8 Å². The normalized spacial score (nSPS) is 10.9. The molecule has 2 aromatic heterocycles. The lowest BCUT2D eigenvalue weighted by Gasteiger charge is -2.03. The summed E-state index contributed by atoms with van der Waals surface area (Å²) >= 11 is 0. The molecule has 3 nitrogen and oxygen atoms in total. The lowest BCUT2D eigenvalue weighted by Crippen LogP contribution is -1.91. The summed E-state index contributed by atoms with van der Waals surface area (Å²) in [6.07, 6.45) is 3.92. The van der Waals surface area contributed by atoms with E-state index in [2.05, 4.69) is 22.4 Å². The molecule has 0 amide bonds. The van der Waals surface area contributed by atoms with Crippen molar-refractivity contribution in [1.29, 1.82) is 0 Å². The zero-order valence-electron chi connectivity index (χ0n) is 9.59. The van der Waals surface area contributed by atoms with Gasteiger partial charge in [-0.2, -0.15) is 0 Å². The predicted octanol–water partition coefficient (Wildman–Crippen LogP) is 2.89. The zero-order chi connectivity index (χ0) is 11.8. The van der Waals surface area contributed by atoms with Crippen LogP contribution in [0.4, 0.5) is 5.69 Å². The zero-order valence-corrected chi connectivity index (χ0v) is 9.59. The van der Waals surface area contributed by atoms with E-state index in [4.69, 9.17) is 5.73 Å². The number of pyridine rings is 1. The van der Waals surface area contributed by atoms with Crippen LogP contribution in [0.2, 0.25) is 0 Å². The Morgan fingerprint density at radius 3 is 2.88 bits per heavy atom. The Kier molecular flexibility index (Phi) is 2.11. The van der Waals surface area contributed by atoms with Gasteiger partial charge in [-0.05, 0) is 30.7 Å². The van der Waals surface area contributed by atoms with Crippen molar-refractivity contribution in [3.8, 4) is 11.4 Å². The number of imidazole rings is 1. The molecule has 3 rings (SSSR count). The molecule has 1 aromatic carbocycles. The van der Waals surface area contributed by atoms with Gasteiger partial charge in [0.1, 0.15) is 5.82 Å². The maximum atomic E-state index is 5.80. The Bertz CT molecular complexity index is 683. The third-order valence-electron chi connectivity index (χ3n) is 2.93. The molecular formula is C14H13N3. The van der Waals surface area contributed by atoms with E-state index in [1.807, 2.05) is 42.7 Å². The topological polar surface area (TPSA) is 43.3 Å². The molecule has 0 atom stereocenters. The van der Waals surface area contributed by atoms with Gasteiger partial charge in [-0.3, -0.25) is 4.40 Å². The summed E-state index contributed by atoms with van der Waals surface area (Å²) in [4.78, 5) is 4.47. The lowest BCUT2D eigenvalue weighted by atomic mass is 10.2. The van der Waals surface area contributed by atoms with Crippen molar-refractivity contribution in [2.24, 2.45) is 0 Å². The van der Waals surface area contributed by atoms with E-state index in [1.54, 1.807) is 0 Å². The van der Waals surface area contributed by atoms with E-state index in [0.717, 1.165) is 22.6 Å². The summed E-state index contributed by atoms with van der Waals surface area (Å²) in [5.74, 6) is 0.927. The number of aromatic nitrogens is 2. The molecule has 0 fully saturated rings. The first-order valence-electron chi connectivity index (χ1n) is 5.54. The average Bonchev–Trinajstić information content (AvgIpc) is 2.74. The highest BCUT2D eigenvalue weighted by molar-refractivity contribution is 5.67. The number of anilines is 1. The van der Waals surface area contributed by atoms with Gasteiger partial charge < -0.3 is 5.73 Å². The van der Waals surface area contributed by atoms with Crippen molar-refractivity contribution >= 4 is 11.2 Å².